The molecule has 2 atom stereocenters. The molecule has 1 aromatic rings. The number of aliphatic hydroxyl groups is 1. The van der Waals surface area contributed by atoms with Gasteiger partial charge in [0.05, 0.1) is 6.10 Å². The van der Waals surface area contributed by atoms with Crippen LogP contribution in [0, 0.1) is 6.92 Å². The van der Waals surface area contributed by atoms with Crippen LogP contribution in [0.5, 0.6) is 5.75 Å². The van der Waals surface area contributed by atoms with E-state index in [0.29, 0.717) is 11.3 Å². The van der Waals surface area contributed by atoms with Gasteiger partial charge in [-0.15, -0.1) is 0 Å². The number of carbonyl (C=O) groups excluding carboxylic acids is 1. The van der Waals surface area contributed by atoms with Crippen LogP contribution in [-0.4, -0.2) is 17.1 Å². The first-order chi connectivity index (χ1) is 7.41. The highest BCUT2D eigenvalue weighted by atomic mass is 16.5. The summed E-state index contributed by atoms with van der Waals surface area (Å²) in [5.41, 5.74) is 6.77. The van der Waals surface area contributed by atoms with Crippen molar-refractivity contribution in [1.29, 1.82) is 0 Å². The molecule has 0 aliphatic rings. The second kappa shape index (κ2) is 4.99. The van der Waals surface area contributed by atoms with Crippen molar-refractivity contribution < 1.29 is 14.6 Å². The smallest absolute Gasteiger partial charge is 0.258 e. The van der Waals surface area contributed by atoms with Crippen molar-refractivity contribution in [3.63, 3.8) is 0 Å². The van der Waals surface area contributed by atoms with Crippen LogP contribution in [0.3, 0.4) is 0 Å². The Balaban J connectivity index is 3.01. The van der Waals surface area contributed by atoms with Gasteiger partial charge in [0.1, 0.15) is 5.75 Å². The molecule has 0 saturated heterocycles. The summed E-state index contributed by atoms with van der Waals surface area (Å²) in [5.74, 6) is -0.0284. The summed E-state index contributed by atoms with van der Waals surface area (Å²) in [5, 5.41) is 9.55. The highest BCUT2D eigenvalue weighted by Crippen LogP contribution is 2.27. The molecule has 88 valence electrons. The third kappa shape index (κ3) is 2.97. The summed E-state index contributed by atoms with van der Waals surface area (Å²) >= 11 is 0. The van der Waals surface area contributed by atoms with Gasteiger partial charge in [-0.25, -0.2) is 0 Å². The Morgan fingerprint density at radius 2 is 2.06 bits per heavy atom. The van der Waals surface area contributed by atoms with E-state index in [1.807, 2.05) is 13.0 Å². The Hall–Kier alpha value is -1.55. The van der Waals surface area contributed by atoms with Crippen LogP contribution >= 0.6 is 0 Å². The molecule has 0 radical (unpaired) electrons. The number of nitrogens with two attached hydrogens (primary N) is 1. The van der Waals surface area contributed by atoms with E-state index >= 15 is 0 Å². The summed E-state index contributed by atoms with van der Waals surface area (Å²) in [6, 6.07) is 5.44. The lowest BCUT2D eigenvalue weighted by molar-refractivity contribution is -0.124. The normalized spacial score (nSPS) is 14.2. The number of primary amides is 1. The van der Waals surface area contributed by atoms with Gasteiger partial charge in [-0.1, -0.05) is 12.1 Å². The minimum absolute atomic E-state index is 0.501. The van der Waals surface area contributed by atoms with Crippen molar-refractivity contribution in [1.82, 2.24) is 0 Å². The second-order valence-electron chi connectivity index (χ2n) is 3.88. The predicted octanol–water partition coefficient (Wildman–Crippen LogP) is 1.30. The van der Waals surface area contributed by atoms with Crippen molar-refractivity contribution in [3.05, 3.63) is 29.3 Å². The average molecular weight is 223 g/mol. The number of hydrogen-bond donors (Lipinski definition) is 2. The predicted molar refractivity (Wildman–Crippen MR) is 61.1 cm³/mol. The topological polar surface area (TPSA) is 72.6 Å². The third-order valence-corrected chi connectivity index (χ3v) is 2.32. The van der Waals surface area contributed by atoms with Crippen molar-refractivity contribution in [3.8, 4) is 5.75 Å². The minimum Gasteiger partial charge on any atom is -0.481 e. The first-order valence-corrected chi connectivity index (χ1v) is 5.16. The molecule has 0 bridgehead atoms. The van der Waals surface area contributed by atoms with Gasteiger partial charge >= 0.3 is 0 Å². The molecule has 0 aliphatic carbocycles. The van der Waals surface area contributed by atoms with Gasteiger partial charge in [0.15, 0.2) is 6.10 Å². The lowest BCUT2D eigenvalue weighted by Gasteiger charge is -2.17. The first-order valence-electron chi connectivity index (χ1n) is 5.16. The van der Waals surface area contributed by atoms with E-state index in [9.17, 15) is 9.90 Å². The van der Waals surface area contributed by atoms with E-state index in [2.05, 4.69) is 0 Å². The van der Waals surface area contributed by atoms with Gasteiger partial charge in [-0.2, -0.15) is 0 Å². The van der Waals surface area contributed by atoms with E-state index in [1.165, 1.54) is 0 Å². The third-order valence-electron chi connectivity index (χ3n) is 2.32. The fourth-order valence-electron chi connectivity index (χ4n) is 1.34. The van der Waals surface area contributed by atoms with Gasteiger partial charge in [-0.3, -0.25) is 4.79 Å². The van der Waals surface area contributed by atoms with Crippen molar-refractivity contribution in [2.75, 3.05) is 0 Å². The quantitative estimate of drug-likeness (QED) is 0.808. The first kappa shape index (κ1) is 12.5. The number of aliphatic hydroxyl groups excluding tert-OH is 1. The van der Waals surface area contributed by atoms with Gasteiger partial charge in [0, 0.05) is 5.56 Å². The molecule has 0 saturated carbocycles. The number of aryl methyl sites for hydroxylation is 1. The Labute approximate surface area is 95.0 Å². The zero-order valence-electron chi connectivity index (χ0n) is 9.73. The van der Waals surface area contributed by atoms with Crippen LogP contribution in [0.1, 0.15) is 31.1 Å². The van der Waals surface area contributed by atoms with Crippen LogP contribution in [-0.2, 0) is 4.79 Å². The van der Waals surface area contributed by atoms with Gasteiger partial charge in [0.25, 0.3) is 5.91 Å². The zero-order valence-corrected chi connectivity index (χ0v) is 9.73. The van der Waals surface area contributed by atoms with Crippen molar-refractivity contribution >= 4 is 5.91 Å². The minimum atomic E-state index is -0.709. The largest absolute Gasteiger partial charge is 0.481 e. The molecule has 0 aliphatic heterocycles. The van der Waals surface area contributed by atoms with E-state index < -0.39 is 18.1 Å². The molecule has 0 aromatic heterocycles. The summed E-state index contributed by atoms with van der Waals surface area (Å²) < 4.78 is 5.41. The molecular formula is C12H17NO3. The Bertz CT molecular complexity index is 388. The van der Waals surface area contributed by atoms with Crippen LogP contribution < -0.4 is 10.5 Å². The number of carbonyl (C=O) groups is 1. The highest BCUT2D eigenvalue weighted by Gasteiger charge is 2.15. The van der Waals surface area contributed by atoms with E-state index in [-0.39, 0.29) is 0 Å². The molecule has 2 unspecified atom stereocenters. The summed E-state index contributed by atoms with van der Waals surface area (Å²) in [4.78, 5) is 10.9. The standard InChI is InChI=1S/C12H17NO3/c1-7-4-5-10(8(2)14)11(6-7)16-9(3)12(13)15/h4-6,8-9,14H,1-3H3,(H2,13,15). The van der Waals surface area contributed by atoms with E-state index in [1.54, 1.807) is 26.0 Å². The monoisotopic (exact) mass is 223 g/mol. The highest BCUT2D eigenvalue weighted by molar-refractivity contribution is 5.78. The lowest BCUT2D eigenvalue weighted by Crippen LogP contribution is -2.31. The van der Waals surface area contributed by atoms with Crippen LogP contribution in [0.25, 0.3) is 0 Å². The molecule has 1 amide bonds. The van der Waals surface area contributed by atoms with Gasteiger partial charge < -0.3 is 15.6 Å². The maximum Gasteiger partial charge on any atom is 0.258 e. The lowest BCUT2D eigenvalue weighted by atomic mass is 10.1. The summed E-state index contributed by atoms with van der Waals surface area (Å²) in [6.45, 7) is 5.14. The number of hydrogen-bond acceptors (Lipinski definition) is 3. The fourth-order valence-corrected chi connectivity index (χ4v) is 1.34. The van der Waals surface area contributed by atoms with Crippen LogP contribution in [0.15, 0.2) is 18.2 Å². The summed E-state index contributed by atoms with van der Waals surface area (Å²) in [6.07, 6.45) is -1.35. The fraction of sp³-hybridized carbons (Fsp3) is 0.417. The maximum absolute atomic E-state index is 10.9. The number of rotatable bonds is 4. The maximum atomic E-state index is 10.9. The Morgan fingerprint density at radius 3 is 2.56 bits per heavy atom. The molecule has 1 aromatic carbocycles. The van der Waals surface area contributed by atoms with Crippen LogP contribution in [0.2, 0.25) is 0 Å². The summed E-state index contributed by atoms with van der Waals surface area (Å²) in [7, 11) is 0. The molecule has 4 heteroatoms. The molecule has 4 nitrogen and oxygen atoms in total. The van der Waals surface area contributed by atoms with Crippen molar-refractivity contribution in [2.24, 2.45) is 5.73 Å². The SMILES string of the molecule is Cc1ccc(C(C)O)c(OC(C)C(N)=O)c1. The number of ether oxygens (including phenoxy) is 1. The zero-order chi connectivity index (χ0) is 12.3. The van der Waals surface area contributed by atoms with Gasteiger partial charge in [-0.05, 0) is 32.4 Å². The second-order valence-corrected chi connectivity index (χ2v) is 3.88. The molecule has 0 fully saturated rings. The molecule has 0 spiro atoms. The number of amides is 1. The molecule has 3 N–H and O–H groups in total. The Morgan fingerprint density at radius 1 is 1.44 bits per heavy atom. The molecule has 16 heavy (non-hydrogen) atoms. The molecule has 1 rings (SSSR count). The molecular weight excluding hydrogens is 206 g/mol. The number of benzene rings is 1. The van der Waals surface area contributed by atoms with E-state index in [0.717, 1.165) is 5.56 Å². The molecule has 0 heterocycles. The van der Waals surface area contributed by atoms with Crippen molar-refractivity contribution in [2.45, 2.75) is 33.0 Å². The van der Waals surface area contributed by atoms with Crippen LogP contribution in [0.4, 0.5) is 0 Å². The average Bonchev–Trinajstić information content (AvgIpc) is 2.16. The van der Waals surface area contributed by atoms with Gasteiger partial charge in [0.2, 0.25) is 0 Å². The Kier molecular flexibility index (Phi) is 3.90. The van der Waals surface area contributed by atoms with E-state index in [4.69, 9.17) is 10.5 Å².